The number of hydrogen-bond donors (Lipinski definition) is 1. The van der Waals surface area contributed by atoms with Crippen molar-refractivity contribution in [2.45, 2.75) is 12.9 Å². The Kier molecular flexibility index (Phi) is 3.67. The van der Waals surface area contributed by atoms with Gasteiger partial charge < -0.3 is 5.11 Å². The maximum Gasteiger partial charge on any atom is 0.416 e. The molecule has 2 nitrogen and oxygen atoms in total. The molecule has 0 aliphatic rings. The molecule has 6 heteroatoms. The van der Waals surface area contributed by atoms with Gasteiger partial charge in [0.2, 0.25) is 0 Å². The molecular weight excluding hydrogens is 310 g/mol. The number of fused-ring (bicyclic) bond motifs is 1. The van der Waals surface area contributed by atoms with E-state index in [0.29, 0.717) is 22.0 Å². The van der Waals surface area contributed by atoms with Crippen molar-refractivity contribution in [3.8, 4) is 17.0 Å². The Morgan fingerprint density at radius 3 is 2.30 bits per heavy atom. The van der Waals surface area contributed by atoms with Gasteiger partial charge in [0.25, 0.3) is 0 Å². The maximum atomic E-state index is 13.1. The number of benzene rings is 2. The first kappa shape index (κ1) is 15.3. The molecule has 0 radical (unpaired) electrons. The standard InChI is InChI=1S/C17H11F4NO/c18-9-11-2-1-3-13-15(23)8-14(22-16(11)13)10-4-6-12(7-5-10)17(19,20)21/h1-8H,9H2,(H,22,23). The van der Waals surface area contributed by atoms with Gasteiger partial charge in [0.15, 0.2) is 0 Å². The molecule has 1 aromatic heterocycles. The highest BCUT2D eigenvalue weighted by Crippen LogP contribution is 2.33. The van der Waals surface area contributed by atoms with E-state index >= 15 is 0 Å². The Hall–Kier alpha value is -2.63. The number of rotatable bonds is 2. The molecule has 1 N–H and O–H groups in total. The number of hydrogen-bond acceptors (Lipinski definition) is 2. The molecule has 3 rings (SSSR count). The second-order valence-corrected chi connectivity index (χ2v) is 5.05. The van der Waals surface area contributed by atoms with Gasteiger partial charge in [-0.05, 0) is 18.2 Å². The summed E-state index contributed by atoms with van der Waals surface area (Å²) in [6.45, 7) is -0.750. The molecule has 0 atom stereocenters. The van der Waals surface area contributed by atoms with Crippen LogP contribution in [0.5, 0.6) is 5.75 Å². The highest BCUT2D eigenvalue weighted by Gasteiger charge is 2.30. The molecule has 0 saturated heterocycles. The zero-order valence-corrected chi connectivity index (χ0v) is 11.7. The number of aromatic nitrogens is 1. The van der Waals surface area contributed by atoms with Crippen molar-refractivity contribution in [3.63, 3.8) is 0 Å². The van der Waals surface area contributed by atoms with E-state index in [-0.39, 0.29) is 11.4 Å². The first-order valence-corrected chi connectivity index (χ1v) is 6.75. The summed E-state index contributed by atoms with van der Waals surface area (Å²) in [5.74, 6) is -0.0970. The molecule has 0 bridgehead atoms. The average molecular weight is 321 g/mol. The van der Waals surface area contributed by atoms with Crippen LogP contribution in [0.4, 0.5) is 17.6 Å². The summed E-state index contributed by atoms with van der Waals surface area (Å²) in [4.78, 5) is 4.29. The average Bonchev–Trinajstić information content (AvgIpc) is 2.53. The van der Waals surface area contributed by atoms with Gasteiger partial charge in [-0.3, -0.25) is 0 Å². The van der Waals surface area contributed by atoms with Crippen LogP contribution in [-0.2, 0) is 12.9 Å². The predicted octanol–water partition coefficient (Wildman–Crippen LogP) is 5.10. The molecule has 0 fully saturated rings. The Morgan fingerprint density at radius 2 is 1.70 bits per heavy atom. The molecular formula is C17H11F4NO. The van der Waals surface area contributed by atoms with Crippen molar-refractivity contribution in [2.75, 3.05) is 0 Å². The summed E-state index contributed by atoms with van der Waals surface area (Å²) in [6.07, 6.45) is -4.42. The summed E-state index contributed by atoms with van der Waals surface area (Å²) < 4.78 is 50.8. The van der Waals surface area contributed by atoms with Crippen molar-refractivity contribution < 1.29 is 22.7 Å². The molecule has 0 aliphatic carbocycles. The van der Waals surface area contributed by atoms with Gasteiger partial charge in [0, 0.05) is 22.6 Å². The minimum atomic E-state index is -4.42. The number of nitrogens with zero attached hydrogens (tertiary/aromatic N) is 1. The minimum absolute atomic E-state index is 0.0970. The van der Waals surface area contributed by atoms with Crippen LogP contribution in [0.2, 0.25) is 0 Å². The number of pyridine rings is 1. The van der Waals surface area contributed by atoms with Crippen LogP contribution in [0.3, 0.4) is 0 Å². The summed E-state index contributed by atoms with van der Waals surface area (Å²) in [6, 6.07) is 10.5. The summed E-state index contributed by atoms with van der Waals surface area (Å²) in [5, 5.41) is 10.5. The zero-order valence-electron chi connectivity index (χ0n) is 11.7. The van der Waals surface area contributed by atoms with Gasteiger partial charge in [-0.15, -0.1) is 0 Å². The molecule has 0 aliphatic heterocycles. The third-order valence-corrected chi connectivity index (χ3v) is 3.55. The first-order chi connectivity index (χ1) is 10.9. The van der Waals surface area contributed by atoms with E-state index < -0.39 is 18.4 Å². The lowest BCUT2D eigenvalue weighted by molar-refractivity contribution is -0.137. The Morgan fingerprint density at radius 1 is 1.00 bits per heavy atom. The van der Waals surface area contributed by atoms with Crippen molar-refractivity contribution in [2.24, 2.45) is 0 Å². The number of alkyl halides is 4. The monoisotopic (exact) mass is 321 g/mol. The van der Waals surface area contributed by atoms with E-state index in [1.165, 1.54) is 18.2 Å². The quantitative estimate of drug-likeness (QED) is 0.667. The predicted molar refractivity (Wildman–Crippen MR) is 78.7 cm³/mol. The van der Waals surface area contributed by atoms with Crippen LogP contribution in [-0.4, -0.2) is 10.1 Å². The maximum absolute atomic E-state index is 13.1. The molecule has 0 spiro atoms. The summed E-state index contributed by atoms with van der Waals surface area (Å²) in [5.41, 5.74) is 0.528. The van der Waals surface area contributed by atoms with Crippen LogP contribution in [0.15, 0.2) is 48.5 Å². The molecule has 118 valence electrons. The first-order valence-electron chi connectivity index (χ1n) is 6.75. The van der Waals surface area contributed by atoms with Crippen molar-refractivity contribution >= 4 is 10.9 Å². The lowest BCUT2D eigenvalue weighted by atomic mass is 10.0. The topological polar surface area (TPSA) is 33.1 Å². The molecule has 0 unspecified atom stereocenters. The lowest BCUT2D eigenvalue weighted by Crippen LogP contribution is -2.04. The summed E-state index contributed by atoms with van der Waals surface area (Å²) in [7, 11) is 0. The molecule has 0 amide bonds. The van der Waals surface area contributed by atoms with E-state index in [1.807, 2.05) is 0 Å². The van der Waals surface area contributed by atoms with Crippen LogP contribution in [0.25, 0.3) is 22.2 Å². The highest BCUT2D eigenvalue weighted by atomic mass is 19.4. The summed E-state index contributed by atoms with van der Waals surface area (Å²) >= 11 is 0. The number of aromatic hydroxyl groups is 1. The number of halogens is 4. The van der Waals surface area contributed by atoms with Crippen LogP contribution in [0.1, 0.15) is 11.1 Å². The second-order valence-electron chi connectivity index (χ2n) is 5.05. The number of para-hydroxylation sites is 1. The van der Waals surface area contributed by atoms with E-state index in [4.69, 9.17) is 0 Å². The molecule has 23 heavy (non-hydrogen) atoms. The van der Waals surface area contributed by atoms with Gasteiger partial charge in [-0.1, -0.05) is 24.3 Å². The van der Waals surface area contributed by atoms with E-state index in [1.54, 1.807) is 18.2 Å². The van der Waals surface area contributed by atoms with Crippen LogP contribution >= 0.6 is 0 Å². The van der Waals surface area contributed by atoms with Gasteiger partial charge in [-0.25, -0.2) is 9.37 Å². The third-order valence-electron chi connectivity index (χ3n) is 3.55. The Bertz CT molecular complexity index is 857. The minimum Gasteiger partial charge on any atom is -0.507 e. The van der Waals surface area contributed by atoms with Gasteiger partial charge in [-0.2, -0.15) is 13.2 Å². The molecule has 3 aromatic rings. The highest BCUT2D eigenvalue weighted by molar-refractivity contribution is 5.89. The lowest BCUT2D eigenvalue weighted by Gasteiger charge is -2.10. The van der Waals surface area contributed by atoms with Crippen LogP contribution in [0, 0.1) is 0 Å². The fourth-order valence-electron chi connectivity index (χ4n) is 2.38. The van der Waals surface area contributed by atoms with Crippen molar-refractivity contribution in [3.05, 3.63) is 59.7 Å². The van der Waals surface area contributed by atoms with Gasteiger partial charge in [0.05, 0.1) is 16.8 Å². The largest absolute Gasteiger partial charge is 0.507 e. The van der Waals surface area contributed by atoms with E-state index in [0.717, 1.165) is 12.1 Å². The SMILES string of the molecule is Oc1cc(-c2ccc(C(F)(F)F)cc2)nc2c(CF)cccc12. The van der Waals surface area contributed by atoms with Crippen molar-refractivity contribution in [1.29, 1.82) is 0 Å². The molecule has 2 aromatic carbocycles. The fraction of sp³-hybridized carbons (Fsp3) is 0.118. The van der Waals surface area contributed by atoms with Crippen LogP contribution < -0.4 is 0 Å². The van der Waals surface area contributed by atoms with E-state index in [9.17, 15) is 22.7 Å². The molecule has 1 heterocycles. The van der Waals surface area contributed by atoms with Gasteiger partial charge in [0.1, 0.15) is 12.4 Å². The molecule has 0 saturated carbocycles. The van der Waals surface area contributed by atoms with E-state index in [2.05, 4.69) is 4.98 Å². The smallest absolute Gasteiger partial charge is 0.416 e. The van der Waals surface area contributed by atoms with Gasteiger partial charge >= 0.3 is 6.18 Å². The Balaban J connectivity index is 2.13. The third kappa shape index (κ3) is 2.84. The normalized spacial score (nSPS) is 11.8. The second kappa shape index (κ2) is 5.53. The fourth-order valence-corrected chi connectivity index (χ4v) is 2.38. The van der Waals surface area contributed by atoms with Crippen molar-refractivity contribution in [1.82, 2.24) is 4.98 Å². The Labute approximate surface area is 129 Å². The zero-order chi connectivity index (χ0) is 16.6.